The van der Waals surface area contributed by atoms with Crippen LogP contribution in [0.15, 0.2) is 46.0 Å². The largest absolute Gasteiger partial charge is 0.494 e. The van der Waals surface area contributed by atoms with E-state index in [0.717, 1.165) is 4.57 Å². The third-order valence-electron chi connectivity index (χ3n) is 4.07. The van der Waals surface area contributed by atoms with Gasteiger partial charge in [-0.1, -0.05) is 6.07 Å². The molecule has 0 saturated carbocycles. The minimum atomic E-state index is -1.17. The number of aryl methyl sites for hydroxylation is 1. The first-order chi connectivity index (χ1) is 12.4. The number of halogens is 1. The Morgan fingerprint density at radius 1 is 1.23 bits per heavy atom. The summed E-state index contributed by atoms with van der Waals surface area (Å²) in [5.74, 6) is -1.59. The second-order valence-electron chi connectivity index (χ2n) is 5.67. The van der Waals surface area contributed by atoms with E-state index in [1.807, 2.05) is 0 Å². The molecular weight excluding hydrogens is 343 g/mol. The molecule has 0 bridgehead atoms. The number of rotatable bonds is 5. The molecule has 2 N–H and O–H groups in total. The molecule has 3 aromatic rings. The van der Waals surface area contributed by atoms with Gasteiger partial charge in [0.25, 0.3) is 5.56 Å². The Hall–Kier alpha value is -3.42. The number of carboxylic acid groups (broad SMARTS) is 1. The fourth-order valence-electron chi connectivity index (χ4n) is 2.69. The third-order valence-corrected chi connectivity index (χ3v) is 4.07. The number of nitrogens with zero attached hydrogens (tertiary/aromatic N) is 1. The molecule has 3 rings (SSSR count). The topological polar surface area (TPSA) is 101 Å². The summed E-state index contributed by atoms with van der Waals surface area (Å²) in [5, 5.41) is 9.16. The van der Waals surface area contributed by atoms with Crippen LogP contribution in [0, 0.1) is 5.82 Å². The normalized spacial score (nSPS) is 10.8. The lowest BCUT2D eigenvalue weighted by atomic mass is 10.1. The zero-order valence-corrected chi connectivity index (χ0v) is 13.8. The van der Waals surface area contributed by atoms with Gasteiger partial charge < -0.3 is 14.8 Å². The molecule has 1 aromatic heterocycles. The van der Waals surface area contributed by atoms with Crippen molar-refractivity contribution in [2.45, 2.75) is 13.0 Å². The highest BCUT2D eigenvalue weighted by Gasteiger charge is 2.11. The van der Waals surface area contributed by atoms with Crippen LogP contribution in [0.2, 0.25) is 0 Å². The number of carbonyl (C=O) groups is 1. The van der Waals surface area contributed by atoms with Gasteiger partial charge in [0, 0.05) is 6.54 Å². The zero-order valence-electron chi connectivity index (χ0n) is 13.8. The molecule has 2 aromatic carbocycles. The summed E-state index contributed by atoms with van der Waals surface area (Å²) in [6.45, 7) is 0.0210. The van der Waals surface area contributed by atoms with Crippen molar-refractivity contribution in [3.05, 3.63) is 74.2 Å². The van der Waals surface area contributed by atoms with Gasteiger partial charge in [-0.3, -0.25) is 9.36 Å². The predicted octanol–water partition coefficient (Wildman–Crippen LogP) is 1.78. The van der Waals surface area contributed by atoms with Crippen molar-refractivity contribution in [2.75, 3.05) is 7.11 Å². The third kappa shape index (κ3) is 3.21. The number of aromatic carboxylic acids is 1. The maximum absolute atomic E-state index is 13.7. The van der Waals surface area contributed by atoms with Crippen molar-refractivity contribution >= 4 is 16.9 Å². The first kappa shape index (κ1) is 17.4. The average molecular weight is 358 g/mol. The monoisotopic (exact) mass is 358 g/mol. The highest BCUT2D eigenvalue weighted by atomic mass is 19.1. The summed E-state index contributed by atoms with van der Waals surface area (Å²) in [6.07, 6.45) is 0.244. The van der Waals surface area contributed by atoms with Gasteiger partial charge in [0.15, 0.2) is 11.6 Å². The Labute approximate surface area is 146 Å². The molecule has 0 unspecified atom stereocenters. The summed E-state index contributed by atoms with van der Waals surface area (Å²) in [4.78, 5) is 38.4. The van der Waals surface area contributed by atoms with Crippen molar-refractivity contribution in [1.82, 2.24) is 9.55 Å². The van der Waals surface area contributed by atoms with Gasteiger partial charge in [0.2, 0.25) is 0 Å². The molecule has 0 saturated heterocycles. The van der Waals surface area contributed by atoms with Crippen molar-refractivity contribution in [2.24, 2.45) is 0 Å². The molecule has 0 aliphatic rings. The van der Waals surface area contributed by atoms with Crippen LogP contribution < -0.4 is 16.0 Å². The number of benzene rings is 2. The van der Waals surface area contributed by atoms with Gasteiger partial charge in [0.05, 0.1) is 23.6 Å². The number of hydrogen-bond donors (Lipinski definition) is 2. The predicted molar refractivity (Wildman–Crippen MR) is 92.4 cm³/mol. The lowest BCUT2D eigenvalue weighted by molar-refractivity contribution is 0.0697. The molecule has 0 fully saturated rings. The van der Waals surface area contributed by atoms with E-state index < -0.39 is 23.0 Å². The van der Waals surface area contributed by atoms with Crippen LogP contribution in [0.3, 0.4) is 0 Å². The fourth-order valence-corrected chi connectivity index (χ4v) is 2.69. The van der Waals surface area contributed by atoms with Gasteiger partial charge in [-0.05, 0) is 42.3 Å². The van der Waals surface area contributed by atoms with Crippen LogP contribution in [-0.2, 0) is 13.0 Å². The number of aromatic nitrogens is 2. The number of carboxylic acids is 1. The fraction of sp³-hybridized carbons (Fsp3) is 0.167. The Bertz CT molecular complexity index is 1120. The van der Waals surface area contributed by atoms with E-state index in [1.165, 1.54) is 37.4 Å². The van der Waals surface area contributed by atoms with E-state index in [4.69, 9.17) is 9.84 Å². The average Bonchev–Trinajstić information content (AvgIpc) is 2.61. The van der Waals surface area contributed by atoms with Crippen molar-refractivity contribution in [1.29, 1.82) is 0 Å². The number of nitrogens with one attached hydrogen (secondary N) is 1. The second kappa shape index (κ2) is 6.83. The number of ether oxygens (including phenoxy) is 1. The van der Waals surface area contributed by atoms with Crippen LogP contribution in [0.25, 0.3) is 10.9 Å². The summed E-state index contributed by atoms with van der Waals surface area (Å²) >= 11 is 0. The lowest BCUT2D eigenvalue weighted by Crippen LogP contribution is -2.35. The highest BCUT2D eigenvalue weighted by Crippen LogP contribution is 2.18. The van der Waals surface area contributed by atoms with Crippen LogP contribution >= 0.6 is 0 Å². The Kier molecular flexibility index (Phi) is 4.57. The summed E-state index contributed by atoms with van der Waals surface area (Å²) in [5.41, 5.74) is -0.406. The Morgan fingerprint density at radius 2 is 2.00 bits per heavy atom. The standard InChI is InChI=1S/C18H15FN2O5/c1-26-15-5-2-10(8-13(15)19)6-7-21-16(22)12-9-11(17(23)24)3-4-14(12)20-18(21)25/h2-5,8-9H,6-7H2,1H3,(H,20,25)(H,23,24). The number of methoxy groups -OCH3 is 1. The summed E-state index contributed by atoms with van der Waals surface area (Å²) < 4.78 is 19.6. The van der Waals surface area contributed by atoms with Crippen LogP contribution in [0.5, 0.6) is 5.75 Å². The van der Waals surface area contributed by atoms with Crippen LogP contribution in [0.4, 0.5) is 4.39 Å². The van der Waals surface area contributed by atoms with Crippen molar-refractivity contribution in [3.63, 3.8) is 0 Å². The van der Waals surface area contributed by atoms with E-state index in [2.05, 4.69) is 4.98 Å². The molecule has 1 heterocycles. The highest BCUT2D eigenvalue weighted by molar-refractivity contribution is 5.92. The molecule has 0 aliphatic heterocycles. The lowest BCUT2D eigenvalue weighted by Gasteiger charge is -2.08. The van der Waals surface area contributed by atoms with E-state index in [1.54, 1.807) is 6.07 Å². The van der Waals surface area contributed by atoms with Crippen molar-refractivity contribution < 1.29 is 19.0 Å². The van der Waals surface area contributed by atoms with Gasteiger partial charge in [-0.2, -0.15) is 0 Å². The molecule has 134 valence electrons. The summed E-state index contributed by atoms with van der Waals surface area (Å²) in [7, 11) is 1.36. The number of hydrogen-bond acceptors (Lipinski definition) is 4. The molecule has 0 spiro atoms. The Morgan fingerprint density at radius 3 is 2.65 bits per heavy atom. The molecule has 8 heteroatoms. The minimum Gasteiger partial charge on any atom is -0.494 e. The van der Waals surface area contributed by atoms with Crippen molar-refractivity contribution in [3.8, 4) is 5.75 Å². The number of aromatic amines is 1. The quantitative estimate of drug-likeness (QED) is 0.724. The van der Waals surface area contributed by atoms with E-state index in [-0.39, 0.29) is 35.2 Å². The smallest absolute Gasteiger partial charge is 0.335 e. The molecular formula is C18H15FN2O5. The van der Waals surface area contributed by atoms with Gasteiger partial charge in [-0.15, -0.1) is 0 Å². The molecule has 0 radical (unpaired) electrons. The van der Waals surface area contributed by atoms with Crippen LogP contribution in [-0.4, -0.2) is 27.7 Å². The minimum absolute atomic E-state index is 0.0210. The summed E-state index contributed by atoms with van der Waals surface area (Å²) in [6, 6.07) is 8.30. The first-order valence-corrected chi connectivity index (χ1v) is 7.73. The molecule has 26 heavy (non-hydrogen) atoms. The zero-order chi connectivity index (χ0) is 18.8. The Balaban J connectivity index is 1.97. The van der Waals surface area contributed by atoms with E-state index >= 15 is 0 Å². The molecule has 0 amide bonds. The van der Waals surface area contributed by atoms with Gasteiger partial charge in [0.1, 0.15) is 0 Å². The SMILES string of the molecule is COc1ccc(CCn2c(=O)[nH]c3ccc(C(=O)O)cc3c2=O)cc1F. The first-order valence-electron chi connectivity index (χ1n) is 7.73. The van der Waals surface area contributed by atoms with E-state index in [0.29, 0.717) is 5.56 Å². The van der Waals surface area contributed by atoms with E-state index in [9.17, 15) is 18.8 Å². The molecule has 0 aliphatic carbocycles. The molecule has 0 atom stereocenters. The maximum atomic E-state index is 13.7. The maximum Gasteiger partial charge on any atom is 0.335 e. The molecule has 7 nitrogen and oxygen atoms in total. The van der Waals surface area contributed by atoms with Crippen LogP contribution in [0.1, 0.15) is 15.9 Å². The second-order valence-corrected chi connectivity index (χ2v) is 5.67. The number of H-pyrrole nitrogens is 1. The van der Waals surface area contributed by atoms with Gasteiger partial charge >= 0.3 is 11.7 Å². The van der Waals surface area contributed by atoms with Gasteiger partial charge in [-0.25, -0.2) is 14.0 Å². The number of fused-ring (bicyclic) bond motifs is 1.